The quantitative estimate of drug-likeness (QED) is 0.0124. The number of primary amides is 1. The minimum absolute atomic E-state index is 0.00668. The van der Waals surface area contributed by atoms with E-state index in [1.54, 1.807) is 36.5 Å². The number of benzene rings is 3. The number of aromatic amines is 2. The highest BCUT2D eigenvalue weighted by atomic mass is 33.1. The third kappa shape index (κ3) is 23.9. The van der Waals surface area contributed by atoms with Gasteiger partial charge in [-0.2, -0.15) is 0 Å². The Bertz CT molecular complexity index is 4010. The first-order valence-electron chi connectivity index (χ1n) is 34.9. The molecule has 0 spiro atoms. The van der Waals surface area contributed by atoms with Crippen molar-refractivity contribution in [3.63, 3.8) is 0 Å². The van der Waals surface area contributed by atoms with E-state index in [-0.39, 0.29) is 101 Å². The Hall–Kier alpha value is -10.8. The van der Waals surface area contributed by atoms with E-state index in [2.05, 4.69) is 68.1 Å². The first-order chi connectivity index (χ1) is 50.8. The Morgan fingerprint density at radius 3 is 1.98 bits per heavy atom. The van der Waals surface area contributed by atoms with Gasteiger partial charge in [-0.05, 0) is 98.7 Å². The van der Waals surface area contributed by atoms with Gasteiger partial charge in [0.25, 0.3) is 0 Å². The fourth-order valence-electron chi connectivity index (χ4n) is 12.8. The Balaban J connectivity index is 1.09. The second-order valence-electron chi connectivity index (χ2n) is 26.0. The number of aromatic nitrogens is 3. The zero-order valence-electron chi connectivity index (χ0n) is 58.1. The standard InChI is InChI=1S/C69H91N19O16S2/c70-23-6-5-14-45(61(97)83-48(59(71)95)32-58(93)94)82-66(102)53-16-8-25-87(53)68(104)54-17-9-26-88(54)67(103)52-36-106-105-27-22-55(89)79-47(20-21-57(91)92)63(99)86-51(31-42-34-74-37-78-42)65(101)84-49(29-38-18-19-39-10-1-2-11-40(39)28-38)64(100)81-46(15-7-24-75-69(72)73)62(98)85-50(60(96)77-35-56(90)80-52)30-41-33-76-44-13-4-3-12-43(41)44/h1-4,10-13,18-19,28,33-34,37,45-54,76H,5-9,14-17,20-27,29-32,35-36,70H2,(H2,71,95)(H,74,78)(H,77,96)(H,79,89)(H,80,90)(H,81,100)(H,82,102)(H,83,97)(H,84,101)(H,85,98)(H,86,99)(H,91,92)(H,93,94)(H4,72,73,75)/t45-,46-,47-,48-,49+,50-,51-,52-,53-,54-/m0/s1. The predicted molar refractivity (Wildman–Crippen MR) is 390 cm³/mol. The van der Waals surface area contributed by atoms with Crippen LogP contribution in [-0.4, -0.2) is 228 Å². The number of carbonyl (C=O) groups excluding carboxylic acids is 12. The van der Waals surface area contributed by atoms with Gasteiger partial charge < -0.3 is 100 Å². The zero-order chi connectivity index (χ0) is 76.4. The zero-order valence-corrected chi connectivity index (χ0v) is 59.8. The number of hydrogen-bond acceptors (Lipinski definition) is 19. The number of unbranched alkanes of at least 4 members (excludes halogenated alkanes) is 1. The first-order valence-corrected chi connectivity index (χ1v) is 37.4. The number of aliphatic carboxylic acids is 2. The number of carboxylic acids is 2. The average molecular weight is 1510 g/mol. The van der Waals surface area contributed by atoms with E-state index in [1.807, 2.05) is 36.4 Å². The maximum atomic E-state index is 15.1. The van der Waals surface area contributed by atoms with E-state index in [0.29, 0.717) is 53.4 Å². The molecule has 570 valence electrons. The first kappa shape index (κ1) is 80.9. The number of hydrogen-bond donors (Lipinski definition) is 18. The molecule has 106 heavy (non-hydrogen) atoms. The largest absolute Gasteiger partial charge is 0.481 e. The summed E-state index contributed by atoms with van der Waals surface area (Å²) >= 11 is 0. The molecule has 3 fully saturated rings. The minimum Gasteiger partial charge on any atom is -0.481 e. The summed E-state index contributed by atoms with van der Waals surface area (Å²) in [5.74, 6) is -13.6. The molecule has 0 saturated carbocycles. The lowest BCUT2D eigenvalue weighted by Gasteiger charge is -2.33. The summed E-state index contributed by atoms with van der Waals surface area (Å²) in [6, 6.07) is 5.71. The van der Waals surface area contributed by atoms with Crippen LogP contribution in [0.1, 0.15) is 100 Å². The molecule has 3 aliphatic heterocycles. The Labute approximate surface area is 616 Å². The van der Waals surface area contributed by atoms with Gasteiger partial charge in [-0.1, -0.05) is 82.3 Å². The van der Waals surface area contributed by atoms with Gasteiger partial charge in [0.2, 0.25) is 70.9 Å². The predicted octanol–water partition coefficient (Wildman–Crippen LogP) is -1.95. The molecular formula is C69H91N19O16S2. The summed E-state index contributed by atoms with van der Waals surface area (Å²) in [6.07, 6.45) is 3.23. The molecule has 5 heterocycles. The van der Waals surface area contributed by atoms with Crippen molar-refractivity contribution in [1.82, 2.24) is 77.9 Å². The summed E-state index contributed by atoms with van der Waals surface area (Å²) in [7, 11) is 2.12. The lowest BCUT2D eigenvalue weighted by atomic mass is 9.99. The van der Waals surface area contributed by atoms with Crippen molar-refractivity contribution in [1.29, 1.82) is 5.41 Å². The van der Waals surface area contributed by atoms with Crippen LogP contribution < -0.4 is 70.4 Å². The molecule has 12 amide bonds. The number of likely N-dealkylation sites (tertiary alicyclic amines) is 2. The SMILES string of the molecule is N=C(N)NCCC[C@@H]1NC(=O)[C@@H](Cc2ccc3ccccc3c2)NC(=O)[C@H](Cc2cnc[nH]2)NC(=O)[C@H](CCC(=O)O)NC(=O)CCSSC[C@@H](C(=O)N2CCC[C@H]2C(=O)N2CCC[C@H]2C(=O)N[C@@H](CCCCN)C(=O)N[C@@H](CC(=O)O)C(N)=O)NC(=O)CNC(=O)[C@H](Cc2c[nH]c3ccccc23)NC1=O. The fraction of sp³-hybridized carbons (Fsp3) is 0.478. The van der Waals surface area contributed by atoms with Crippen molar-refractivity contribution in [2.45, 2.75) is 163 Å². The summed E-state index contributed by atoms with van der Waals surface area (Å²) < 4.78 is 0. The highest BCUT2D eigenvalue weighted by Gasteiger charge is 2.45. The van der Waals surface area contributed by atoms with Crippen molar-refractivity contribution in [3.05, 3.63) is 102 Å². The summed E-state index contributed by atoms with van der Waals surface area (Å²) in [5.41, 5.74) is 18.9. The van der Waals surface area contributed by atoms with Crippen LogP contribution in [0.4, 0.5) is 0 Å². The van der Waals surface area contributed by atoms with Crippen LogP contribution in [0, 0.1) is 5.41 Å². The number of nitrogens with one attached hydrogen (secondary N) is 13. The molecule has 3 aliphatic rings. The summed E-state index contributed by atoms with van der Waals surface area (Å²) in [4.78, 5) is 209. The van der Waals surface area contributed by atoms with Gasteiger partial charge in [-0.15, -0.1) is 0 Å². The van der Waals surface area contributed by atoms with Crippen LogP contribution >= 0.6 is 21.6 Å². The number of para-hydroxylation sites is 1. The van der Waals surface area contributed by atoms with Crippen LogP contribution in [0.15, 0.2) is 85.5 Å². The molecule has 10 atom stereocenters. The summed E-state index contributed by atoms with van der Waals surface area (Å²) in [5, 5.41) is 55.7. The number of rotatable bonds is 26. The second kappa shape index (κ2) is 39.9. The normalized spacial score (nSPS) is 21.9. The van der Waals surface area contributed by atoms with Gasteiger partial charge in [-0.25, -0.2) is 4.98 Å². The number of carboxylic acid groups (broad SMARTS) is 2. The molecule has 0 aliphatic carbocycles. The maximum absolute atomic E-state index is 15.1. The van der Waals surface area contributed by atoms with Gasteiger partial charge in [0.1, 0.15) is 60.4 Å². The van der Waals surface area contributed by atoms with Crippen molar-refractivity contribution in [2.24, 2.45) is 17.2 Å². The molecule has 2 aromatic heterocycles. The molecule has 3 aromatic carbocycles. The number of nitrogens with two attached hydrogens (primary N) is 3. The van der Waals surface area contributed by atoms with Crippen molar-refractivity contribution < 1.29 is 77.3 Å². The highest BCUT2D eigenvalue weighted by molar-refractivity contribution is 8.76. The molecule has 37 heteroatoms. The van der Waals surface area contributed by atoms with Crippen LogP contribution in [0.25, 0.3) is 21.7 Å². The summed E-state index contributed by atoms with van der Waals surface area (Å²) in [6.45, 7) is -0.417. The Kier molecular flexibility index (Phi) is 30.4. The molecule has 5 aromatic rings. The van der Waals surface area contributed by atoms with E-state index < -0.39 is 169 Å². The third-order valence-electron chi connectivity index (χ3n) is 18.2. The number of amides is 12. The van der Waals surface area contributed by atoms with Crippen molar-refractivity contribution in [2.75, 3.05) is 44.2 Å². The van der Waals surface area contributed by atoms with Crippen LogP contribution in [0.5, 0.6) is 0 Å². The number of nitrogens with zero attached hydrogens (tertiary/aromatic N) is 3. The molecule has 35 nitrogen and oxygen atoms in total. The van der Waals surface area contributed by atoms with Crippen LogP contribution in [-0.2, 0) is 86.4 Å². The van der Waals surface area contributed by atoms with Gasteiger partial charge in [0, 0.05) is 92.2 Å². The monoisotopic (exact) mass is 1510 g/mol. The van der Waals surface area contributed by atoms with Crippen LogP contribution in [0.2, 0.25) is 0 Å². The lowest BCUT2D eigenvalue weighted by molar-refractivity contribution is -0.148. The lowest BCUT2D eigenvalue weighted by Crippen LogP contribution is -2.60. The Morgan fingerprint density at radius 2 is 1.30 bits per heavy atom. The van der Waals surface area contributed by atoms with Gasteiger partial charge in [0.15, 0.2) is 5.96 Å². The van der Waals surface area contributed by atoms with Crippen molar-refractivity contribution >= 4 is 132 Å². The van der Waals surface area contributed by atoms with E-state index in [4.69, 9.17) is 22.6 Å². The van der Waals surface area contributed by atoms with Crippen LogP contribution in [0.3, 0.4) is 0 Å². The second-order valence-corrected chi connectivity index (χ2v) is 28.6. The maximum Gasteiger partial charge on any atom is 0.305 e. The van der Waals surface area contributed by atoms with E-state index in [1.165, 1.54) is 22.3 Å². The molecule has 8 rings (SSSR count). The highest BCUT2D eigenvalue weighted by Crippen LogP contribution is 2.29. The topological polar surface area (TPSA) is 553 Å². The minimum atomic E-state index is -1.61. The Morgan fingerprint density at radius 1 is 0.651 bits per heavy atom. The molecular weight excluding hydrogens is 1420 g/mol. The molecule has 21 N–H and O–H groups in total. The molecule has 0 unspecified atom stereocenters. The average Bonchev–Trinajstić information content (AvgIpc) is 1.62. The van der Waals surface area contributed by atoms with Crippen molar-refractivity contribution in [3.8, 4) is 0 Å². The van der Waals surface area contributed by atoms with E-state index in [0.717, 1.165) is 32.4 Å². The molecule has 3 saturated heterocycles. The van der Waals surface area contributed by atoms with E-state index >= 15 is 14.4 Å². The molecule has 0 radical (unpaired) electrons. The number of fused-ring (bicyclic) bond motifs is 2. The van der Waals surface area contributed by atoms with Gasteiger partial charge in [0.05, 0.1) is 19.3 Å². The van der Waals surface area contributed by atoms with Gasteiger partial charge >= 0.3 is 11.9 Å². The fourth-order valence-corrected chi connectivity index (χ4v) is 14.9. The smallest absolute Gasteiger partial charge is 0.305 e. The number of carbonyl (C=O) groups is 14. The van der Waals surface area contributed by atoms with Gasteiger partial charge in [-0.3, -0.25) is 72.5 Å². The number of guanidine groups is 1. The third-order valence-corrected chi connectivity index (χ3v) is 20.6. The van der Waals surface area contributed by atoms with E-state index in [9.17, 15) is 63.0 Å². The molecule has 0 bridgehead atoms. The number of imidazole rings is 1. The number of H-pyrrole nitrogens is 2.